The van der Waals surface area contributed by atoms with Crippen molar-refractivity contribution < 1.29 is 13.2 Å². The van der Waals surface area contributed by atoms with Crippen molar-refractivity contribution in [2.75, 3.05) is 11.3 Å². The van der Waals surface area contributed by atoms with Crippen LogP contribution in [-0.4, -0.2) is 30.8 Å². The van der Waals surface area contributed by atoms with E-state index in [2.05, 4.69) is 42.6 Å². The molecule has 180 valence electrons. The Balaban J connectivity index is 1.58. The molecular formula is C24H19Cl2IN4O3S. The van der Waals surface area contributed by atoms with E-state index in [0.717, 1.165) is 9.13 Å². The van der Waals surface area contributed by atoms with Gasteiger partial charge in [-0.25, -0.2) is 8.42 Å². The van der Waals surface area contributed by atoms with Crippen LogP contribution in [0.25, 0.3) is 11.0 Å². The number of aromatic nitrogens is 2. The van der Waals surface area contributed by atoms with E-state index in [-0.39, 0.29) is 27.6 Å². The minimum absolute atomic E-state index is 0.0263. The number of hydrogen-bond donors (Lipinski definition) is 2. The van der Waals surface area contributed by atoms with Crippen LogP contribution in [-0.2, 0) is 10.0 Å². The number of carbonyl (C=O) groups excluding carboxylic acids is 1. The number of hydrogen-bond acceptors (Lipinski definition) is 5. The van der Waals surface area contributed by atoms with E-state index in [1.807, 2.05) is 13.0 Å². The van der Waals surface area contributed by atoms with Crippen LogP contribution < -0.4 is 10.0 Å². The zero-order valence-electron chi connectivity index (χ0n) is 18.3. The third kappa shape index (κ3) is 5.85. The lowest BCUT2D eigenvalue weighted by Crippen LogP contribution is -2.29. The van der Waals surface area contributed by atoms with Crippen molar-refractivity contribution >= 4 is 78.4 Å². The molecule has 0 spiro atoms. The first-order valence-electron chi connectivity index (χ1n) is 10.4. The number of nitrogens with one attached hydrogen (secondary N) is 2. The lowest BCUT2D eigenvalue weighted by Gasteiger charge is -2.16. The molecule has 1 unspecified atom stereocenters. The number of fused-ring (bicyclic) bond motifs is 1. The maximum Gasteiger partial charge on any atom is 0.264 e. The van der Waals surface area contributed by atoms with E-state index in [9.17, 15) is 13.2 Å². The van der Waals surface area contributed by atoms with Gasteiger partial charge in [-0.2, -0.15) is 0 Å². The van der Waals surface area contributed by atoms with Gasteiger partial charge >= 0.3 is 0 Å². The highest BCUT2D eigenvalue weighted by Crippen LogP contribution is 2.28. The fraction of sp³-hybridized carbons (Fsp3) is 0.125. The summed E-state index contributed by atoms with van der Waals surface area (Å²) in [5.41, 5.74) is 1.97. The average Bonchev–Trinajstić information content (AvgIpc) is 2.83. The second kappa shape index (κ2) is 10.7. The second-order valence-electron chi connectivity index (χ2n) is 7.76. The molecule has 0 aliphatic rings. The molecule has 7 nitrogen and oxygen atoms in total. The summed E-state index contributed by atoms with van der Waals surface area (Å²) in [6.45, 7) is 2.26. The van der Waals surface area contributed by atoms with Crippen molar-refractivity contribution in [2.24, 2.45) is 0 Å². The molecule has 0 aliphatic carbocycles. The summed E-state index contributed by atoms with van der Waals surface area (Å²) in [6.07, 6.45) is 2.92. The number of benzene rings is 3. The van der Waals surface area contributed by atoms with Gasteiger partial charge in [-0.1, -0.05) is 42.3 Å². The molecule has 35 heavy (non-hydrogen) atoms. The first kappa shape index (κ1) is 25.6. The number of rotatable bonds is 7. The highest BCUT2D eigenvalue weighted by Gasteiger charge is 2.22. The van der Waals surface area contributed by atoms with Gasteiger partial charge in [0.25, 0.3) is 15.9 Å². The van der Waals surface area contributed by atoms with Crippen LogP contribution >= 0.6 is 45.8 Å². The third-order valence-corrected chi connectivity index (χ3v) is 8.11. The minimum Gasteiger partial charge on any atom is -0.351 e. The number of amides is 1. The largest absolute Gasteiger partial charge is 0.351 e. The van der Waals surface area contributed by atoms with Gasteiger partial charge in [-0.15, -0.1) is 0 Å². The summed E-state index contributed by atoms with van der Waals surface area (Å²) in [7, 11) is -4.06. The van der Waals surface area contributed by atoms with Crippen LogP contribution in [0.15, 0.2) is 71.9 Å². The number of anilines is 1. The molecule has 1 atom stereocenters. The predicted molar refractivity (Wildman–Crippen MR) is 147 cm³/mol. The molecule has 11 heteroatoms. The molecule has 0 bridgehead atoms. The van der Waals surface area contributed by atoms with Gasteiger partial charge < -0.3 is 5.32 Å². The molecule has 1 amide bonds. The number of nitrogens with zero attached hydrogens (tertiary/aromatic N) is 2. The predicted octanol–water partition coefficient (Wildman–Crippen LogP) is 5.88. The average molecular weight is 641 g/mol. The van der Waals surface area contributed by atoms with E-state index < -0.39 is 15.9 Å². The lowest BCUT2D eigenvalue weighted by atomic mass is 10.0. The number of para-hydroxylation sites is 1. The molecule has 1 aromatic heterocycles. The van der Waals surface area contributed by atoms with Gasteiger partial charge in [0.2, 0.25) is 0 Å². The summed E-state index contributed by atoms with van der Waals surface area (Å²) in [6, 6.07) is 15.0. The Hall–Kier alpha value is -2.47. The summed E-state index contributed by atoms with van der Waals surface area (Å²) >= 11 is 14.2. The van der Waals surface area contributed by atoms with Crippen LogP contribution in [0.5, 0.6) is 0 Å². The topological polar surface area (TPSA) is 101 Å². The van der Waals surface area contributed by atoms with Crippen LogP contribution in [0.2, 0.25) is 10.0 Å². The Kier molecular flexibility index (Phi) is 7.80. The third-order valence-electron chi connectivity index (χ3n) is 5.30. The molecular weight excluding hydrogens is 622 g/mol. The van der Waals surface area contributed by atoms with Crippen molar-refractivity contribution in [1.29, 1.82) is 0 Å². The van der Waals surface area contributed by atoms with E-state index in [1.165, 1.54) is 18.5 Å². The van der Waals surface area contributed by atoms with Gasteiger partial charge in [-0.3, -0.25) is 19.5 Å². The molecule has 0 saturated heterocycles. The molecule has 3 aromatic carbocycles. The molecule has 1 heterocycles. The zero-order valence-corrected chi connectivity index (χ0v) is 22.8. The SMILES string of the molecule is CC(CNC(=O)c1ccc(I)cc1NS(=O)(=O)c1cccc2nccnc12)c1ccc(Cl)c(Cl)c1. The second-order valence-corrected chi connectivity index (χ2v) is 11.5. The van der Waals surface area contributed by atoms with Crippen molar-refractivity contribution in [1.82, 2.24) is 15.3 Å². The van der Waals surface area contributed by atoms with Crippen LogP contribution in [0, 0.1) is 3.57 Å². The smallest absolute Gasteiger partial charge is 0.264 e. The van der Waals surface area contributed by atoms with Gasteiger partial charge in [0, 0.05) is 22.5 Å². The summed E-state index contributed by atoms with van der Waals surface area (Å²) in [4.78, 5) is 21.4. The Bertz CT molecular complexity index is 1530. The highest BCUT2D eigenvalue weighted by atomic mass is 127. The van der Waals surface area contributed by atoms with Gasteiger partial charge in [0.15, 0.2) is 0 Å². The van der Waals surface area contributed by atoms with Crippen molar-refractivity contribution in [3.63, 3.8) is 0 Å². The van der Waals surface area contributed by atoms with Crippen molar-refractivity contribution in [3.05, 3.63) is 91.7 Å². The van der Waals surface area contributed by atoms with Gasteiger partial charge in [-0.05, 0) is 76.5 Å². The molecule has 2 N–H and O–H groups in total. The summed E-state index contributed by atoms with van der Waals surface area (Å²) < 4.78 is 29.9. The van der Waals surface area contributed by atoms with Gasteiger partial charge in [0.05, 0.1) is 26.8 Å². The molecule has 0 radical (unpaired) electrons. The molecule has 0 aliphatic heterocycles. The molecule has 0 saturated carbocycles. The normalized spacial score (nSPS) is 12.3. The van der Waals surface area contributed by atoms with Crippen molar-refractivity contribution in [2.45, 2.75) is 17.7 Å². The zero-order chi connectivity index (χ0) is 25.2. The Morgan fingerprint density at radius 3 is 2.57 bits per heavy atom. The summed E-state index contributed by atoms with van der Waals surface area (Å²) in [5, 5.41) is 3.77. The standard InChI is InChI=1S/C24H19Cl2IN4O3S/c1-14(15-5-8-18(25)19(26)11-15)13-30-24(32)17-7-6-16(27)12-21(17)31-35(33,34)22-4-2-3-20-23(22)29-10-9-28-20/h2-12,14,31H,13H2,1H3,(H,30,32). The molecule has 4 aromatic rings. The maximum atomic E-state index is 13.3. The Labute approximate surface area is 226 Å². The van der Waals surface area contributed by atoms with Crippen LogP contribution in [0.1, 0.15) is 28.8 Å². The van der Waals surface area contributed by atoms with E-state index >= 15 is 0 Å². The summed E-state index contributed by atoms with van der Waals surface area (Å²) in [5.74, 6) is -0.462. The molecule has 4 rings (SSSR count). The fourth-order valence-corrected chi connectivity index (χ4v) is 5.50. The Morgan fingerprint density at radius 2 is 1.80 bits per heavy atom. The first-order valence-corrected chi connectivity index (χ1v) is 13.7. The maximum absolute atomic E-state index is 13.3. The minimum atomic E-state index is -4.06. The van der Waals surface area contributed by atoms with Crippen LogP contribution in [0.3, 0.4) is 0 Å². The van der Waals surface area contributed by atoms with Gasteiger partial charge in [0.1, 0.15) is 10.4 Å². The fourth-order valence-electron chi connectivity index (χ4n) is 3.46. The lowest BCUT2D eigenvalue weighted by molar-refractivity contribution is 0.0952. The van der Waals surface area contributed by atoms with E-state index in [1.54, 1.807) is 42.5 Å². The number of carbonyl (C=O) groups is 1. The first-order chi connectivity index (χ1) is 16.7. The quantitative estimate of drug-likeness (QED) is 0.246. The van der Waals surface area contributed by atoms with E-state index in [4.69, 9.17) is 23.2 Å². The number of halogens is 3. The monoisotopic (exact) mass is 640 g/mol. The highest BCUT2D eigenvalue weighted by molar-refractivity contribution is 14.1. The van der Waals surface area contributed by atoms with Crippen molar-refractivity contribution in [3.8, 4) is 0 Å². The van der Waals surface area contributed by atoms with Crippen LogP contribution in [0.4, 0.5) is 5.69 Å². The Morgan fingerprint density at radius 1 is 1.03 bits per heavy atom. The van der Waals surface area contributed by atoms with E-state index in [0.29, 0.717) is 22.1 Å². The number of sulfonamides is 1. The molecule has 0 fully saturated rings.